The van der Waals surface area contributed by atoms with Crippen molar-refractivity contribution in [1.82, 2.24) is 20.2 Å². The van der Waals surface area contributed by atoms with Crippen molar-refractivity contribution in [2.45, 2.75) is 19.3 Å². The van der Waals surface area contributed by atoms with Crippen LogP contribution in [0.4, 0.5) is 0 Å². The van der Waals surface area contributed by atoms with E-state index in [1.165, 1.54) is 6.42 Å². The van der Waals surface area contributed by atoms with E-state index in [0.717, 1.165) is 55.0 Å². The molecule has 2 N–H and O–H groups in total. The maximum atomic E-state index is 12.6. The zero-order valence-corrected chi connectivity index (χ0v) is 12.4. The number of aromatic nitrogens is 2. The number of carbonyl (C=O) groups is 1. The molecule has 0 unspecified atom stereocenters. The standard InChI is InChI=1S/C16H22N4O/c1-17-7-4-12-5-8-20(9-6-12)16(21)13-2-3-14-15(10-13)19-11-18-14/h2-3,10-12,17H,4-9H2,1H3,(H,18,19). The molecule has 1 saturated heterocycles. The molecule has 1 fully saturated rings. The van der Waals surface area contributed by atoms with E-state index in [1.54, 1.807) is 6.33 Å². The van der Waals surface area contributed by atoms with Crippen LogP contribution in [-0.4, -0.2) is 47.5 Å². The van der Waals surface area contributed by atoms with Crippen molar-refractivity contribution in [3.63, 3.8) is 0 Å². The monoisotopic (exact) mass is 286 g/mol. The second-order valence-electron chi connectivity index (χ2n) is 5.76. The second-order valence-corrected chi connectivity index (χ2v) is 5.76. The highest BCUT2D eigenvalue weighted by atomic mass is 16.2. The molecule has 3 rings (SSSR count). The number of rotatable bonds is 4. The Bertz CT molecular complexity index is 614. The number of nitrogens with zero attached hydrogens (tertiary/aromatic N) is 2. The van der Waals surface area contributed by atoms with E-state index in [1.807, 2.05) is 30.1 Å². The van der Waals surface area contributed by atoms with Crippen LogP contribution in [0.2, 0.25) is 0 Å². The van der Waals surface area contributed by atoms with Gasteiger partial charge in [0.2, 0.25) is 0 Å². The largest absolute Gasteiger partial charge is 0.345 e. The molecule has 0 radical (unpaired) electrons. The van der Waals surface area contributed by atoms with Gasteiger partial charge in [-0.2, -0.15) is 0 Å². The van der Waals surface area contributed by atoms with Gasteiger partial charge in [0.25, 0.3) is 5.91 Å². The Morgan fingerprint density at radius 2 is 2.24 bits per heavy atom. The van der Waals surface area contributed by atoms with Gasteiger partial charge in [-0.05, 0) is 57.0 Å². The number of benzene rings is 1. The third-order valence-corrected chi connectivity index (χ3v) is 4.37. The Labute approximate surface area is 124 Å². The third-order valence-electron chi connectivity index (χ3n) is 4.37. The van der Waals surface area contributed by atoms with Gasteiger partial charge in [-0.1, -0.05) is 0 Å². The minimum atomic E-state index is 0.138. The van der Waals surface area contributed by atoms with Crippen LogP contribution >= 0.6 is 0 Å². The molecule has 112 valence electrons. The van der Waals surface area contributed by atoms with E-state index in [2.05, 4.69) is 15.3 Å². The van der Waals surface area contributed by atoms with Gasteiger partial charge in [-0.3, -0.25) is 4.79 Å². The first-order valence-corrected chi connectivity index (χ1v) is 7.65. The molecule has 2 aromatic rings. The fourth-order valence-electron chi connectivity index (χ4n) is 3.02. The van der Waals surface area contributed by atoms with Crippen LogP contribution in [0, 0.1) is 5.92 Å². The average molecular weight is 286 g/mol. The van der Waals surface area contributed by atoms with Crippen molar-refractivity contribution in [3.8, 4) is 0 Å². The molecule has 0 atom stereocenters. The van der Waals surface area contributed by atoms with Crippen molar-refractivity contribution in [2.24, 2.45) is 5.92 Å². The summed E-state index contributed by atoms with van der Waals surface area (Å²) in [4.78, 5) is 21.8. The molecule has 1 aliphatic heterocycles. The quantitative estimate of drug-likeness (QED) is 0.904. The number of carbonyl (C=O) groups excluding carboxylic acids is 1. The summed E-state index contributed by atoms with van der Waals surface area (Å²) in [5.41, 5.74) is 2.57. The molecule has 5 heteroatoms. The van der Waals surface area contributed by atoms with E-state index in [4.69, 9.17) is 0 Å². The third kappa shape index (κ3) is 3.08. The van der Waals surface area contributed by atoms with Crippen LogP contribution in [0.25, 0.3) is 11.0 Å². The molecule has 0 bridgehead atoms. The Hall–Kier alpha value is -1.88. The smallest absolute Gasteiger partial charge is 0.253 e. The van der Waals surface area contributed by atoms with Crippen LogP contribution in [0.3, 0.4) is 0 Å². The maximum Gasteiger partial charge on any atom is 0.253 e. The summed E-state index contributed by atoms with van der Waals surface area (Å²) in [5.74, 6) is 0.884. The fraction of sp³-hybridized carbons (Fsp3) is 0.500. The van der Waals surface area contributed by atoms with Gasteiger partial charge in [0.05, 0.1) is 17.4 Å². The van der Waals surface area contributed by atoms with Crippen LogP contribution < -0.4 is 5.32 Å². The zero-order chi connectivity index (χ0) is 14.7. The van der Waals surface area contributed by atoms with Gasteiger partial charge >= 0.3 is 0 Å². The van der Waals surface area contributed by atoms with E-state index in [9.17, 15) is 4.79 Å². The minimum absolute atomic E-state index is 0.138. The lowest BCUT2D eigenvalue weighted by molar-refractivity contribution is 0.0687. The van der Waals surface area contributed by atoms with E-state index in [-0.39, 0.29) is 5.91 Å². The van der Waals surface area contributed by atoms with Gasteiger partial charge in [-0.25, -0.2) is 4.98 Å². The maximum absolute atomic E-state index is 12.6. The molecule has 1 aromatic heterocycles. The molecule has 2 heterocycles. The molecule has 0 saturated carbocycles. The number of amides is 1. The van der Waals surface area contributed by atoms with Crippen LogP contribution in [-0.2, 0) is 0 Å². The molecule has 0 aliphatic carbocycles. The molecule has 1 aliphatic rings. The molecule has 21 heavy (non-hydrogen) atoms. The predicted octanol–water partition coefficient (Wildman–Crippen LogP) is 2.02. The number of fused-ring (bicyclic) bond motifs is 1. The van der Waals surface area contributed by atoms with E-state index in [0.29, 0.717) is 0 Å². The highest BCUT2D eigenvalue weighted by Gasteiger charge is 2.23. The molecule has 0 spiro atoms. The summed E-state index contributed by atoms with van der Waals surface area (Å²) in [6.45, 7) is 2.80. The minimum Gasteiger partial charge on any atom is -0.345 e. The Morgan fingerprint density at radius 3 is 3.00 bits per heavy atom. The van der Waals surface area contributed by atoms with Crippen LogP contribution in [0.5, 0.6) is 0 Å². The number of imidazole rings is 1. The highest BCUT2D eigenvalue weighted by Crippen LogP contribution is 2.22. The second kappa shape index (κ2) is 6.26. The zero-order valence-electron chi connectivity index (χ0n) is 12.4. The van der Waals surface area contributed by atoms with Gasteiger partial charge in [0.15, 0.2) is 0 Å². The predicted molar refractivity (Wildman–Crippen MR) is 83.3 cm³/mol. The summed E-state index contributed by atoms with van der Waals surface area (Å²) < 4.78 is 0. The lowest BCUT2D eigenvalue weighted by Gasteiger charge is -2.32. The number of hydrogen-bond acceptors (Lipinski definition) is 3. The summed E-state index contributed by atoms with van der Waals surface area (Å²) in [6, 6.07) is 5.68. The average Bonchev–Trinajstić information content (AvgIpc) is 3.00. The summed E-state index contributed by atoms with van der Waals surface area (Å²) in [5, 5.41) is 3.20. The number of H-pyrrole nitrogens is 1. The first kappa shape index (κ1) is 14.1. The Balaban J connectivity index is 1.63. The number of likely N-dealkylation sites (tertiary alicyclic amines) is 1. The summed E-state index contributed by atoms with van der Waals surface area (Å²) in [7, 11) is 1.99. The first-order chi connectivity index (χ1) is 10.3. The van der Waals surface area contributed by atoms with Crippen LogP contribution in [0.1, 0.15) is 29.6 Å². The summed E-state index contributed by atoms with van der Waals surface area (Å²) >= 11 is 0. The Morgan fingerprint density at radius 1 is 1.43 bits per heavy atom. The highest BCUT2D eigenvalue weighted by molar-refractivity contribution is 5.97. The topological polar surface area (TPSA) is 61.0 Å². The van der Waals surface area contributed by atoms with Gasteiger partial charge in [-0.15, -0.1) is 0 Å². The lowest BCUT2D eigenvalue weighted by Crippen LogP contribution is -2.38. The number of piperidine rings is 1. The van der Waals surface area contributed by atoms with E-state index < -0.39 is 0 Å². The fourth-order valence-corrected chi connectivity index (χ4v) is 3.02. The Kier molecular flexibility index (Phi) is 4.20. The van der Waals surface area contributed by atoms with Crippen molar-refractivity contribution >= 4 is 16.9 Å². The summed E-state index contributed by atoms with van der Waals surface area (Å²) in [6.07, 6.45) is 5.09. The molecule has 1 aromatic carbocycles. The number of nitrogens with one attached hydrogen (secondary N) is 2. The molecule has 5 nitrogen and oxygen atoms in total. The molecule has 1 amide bonds. The van der Waals surface area contributed by atoms with Crippen molar-refractivity contribution < 1.29 is 4.79 Å². The van der Waals surface area contributed by atoms with Crippen molar-refractivity contribution in [2.75, 3.05) is 26.7 Å². The van der Waals surface area contributed by atoms with E-state index >= 15 is 0 Å². The van der Waals surface area contributed by atoms with Crippen molar-refractivity contribution in [1.29, 1.82) is 0 Å². The van der Waals surface area contributed by atoms with Crippen LogP contribution in [0.15, 0.2) is 24.5 Å². The van der Waals surface area contributed by atoms with Gasteiger partial charge in [0, 0.05) is 18.7 Å². The number of hydrogen-bond donors (Lipinski definition) is 2. The molecular weight excluding hydrogens is 264 g/mol. The SMILES string of the molecule is CNCCC1CCN(C(=O)c2ccc3nc[nH]c3c2)CC1. The van der Waals surface area contributed by atoms with Gasteiger partial charge < -0.3 is 15.2 Å². The van der Waals surface area contributed by atoms with Crippen molar-refractivity contribution in [3.05, 3.63) is 30.1 Å². The van der Waals surface area contributed by atoms with Gasteiger partial charge in [0.1, 0.15) is 0 Å². The normalized spacial score (nSPS) is 16.5. The number of aromatic amines is 1. The lowest BCUT2D eigenvalue weighted by atomic mass is 9.93. The first-order valence-electron chi connectivity index (χ1n) is 7.65. The molecular formula is C16H22N4O.